The van der Waals surface area contributed by atoms with Gasteiger partial charge in [0.05, 0.1) is 23.7 Å². The van der Waals surface area contributed by atoms with Gasteiger partial charge in [-0.25, -0.2) is 4.79 Å². The first-order valence-electron chi connectivity index (χ1n) is 12.1. The molecule has 0 aliphatic heterocycles. The molecule has 38 heavy (non-hydrogen) atoms. The number of ether oxygens (including phenoxy) is 1. The van der Waals surface area contributed by atoms with Crippen LogP contribution in [0.2, 0.25) is 0 Å². The maximum Gasteiger partial charge on any atom is 0.416 e. The summed E-state index contributed by atoms with van der Waals surface area (Å²) in [4.78, 5) is 25.8. The number of amides is 1. The molecule has 0 bridgehead atoms. The Morgan fingerprint density at radius 2 is 1.58 bits per heavy atom. The first-order chi connectivity index (χ1) is 17.7. The summed E-state index contributed by atoms with van der Waals surface area (Å²) in [5.41, 5.74) is -3.41. The van der Waals surface area contributed by atoms with Gasteiger partial charge >= 0.3 is 18.3 Å². The van der Waals surface area contributed by atoms with E-state index in [4.69, 9.17) is 4.74 Å². The van der Waals surface area contributed by atoms with E-state index in [9.17, 15) is 35.9 Å². The van der Waals surface area contributed by atoms with Gasteiger partial charge in [-0.3, -0.25) is 10.1 Å². The lowest BCUT2D eigenvalue weighted by Crippen LogP contribution is -2.44. The van der Waals surface area contributed by atoms with E-state index in [1.807, 2.05) is 19.9 Å². The van der Waals surface area contributed by atoms with Gasteiger partial charge in [0.2, 0.25) is 5.91 Å². The summed E-state index contributed by atoms with van der Waals surface area (Å²) in [6, 6.07) is 9.18. The Balaban J connectivity index is 1.78. The lowest BCUT2D eigenvalue weighted by Gasteiger charge is -2.33. The third-order valence-corrected chi connectivity index (χ3v) is 7.18. The van der Waals surface area contributed by atoms with Crippen LogP contribution in [0.5, 0.6) is 0 Å². The van der Waals surface area contributed by atoms with Crippen molar-refractivity contribution in [2.24, 2.45) is 11.3 Å². The van der Waals surface area contributed by atoms with Gasteiger partial charge in [0.1, 0.15) is 6.04 Å². The van der Waals surface area contributed by atoms with Crippen molar-refractivity contribution in [2.75, 3.05) is 7.11 Å². The Labute approximate surface area is 216 Å². The molecule has 1 aliphatic rings. The molecule has 1 aliphatic carbocycles. The summed E-state index contributed by atoms with van der Waals surface area (Å²) >= 11 is 0. The number of benzene rings is 2. The quantitative estimate of drug-likeness (QED) is 0.314. The Hall–Kier alpha value is -3.08. The van der Waals surface area contributed by atoms with Crippen molar-refractivity contribution in [3.8, 4) is 0 Å². The molecule has 3 rings (SSSR count). The van der Waals surface area contributed by atoms with Crippen LogP contribution in [0.15, 0.2) is 48.5 Å². The van der Waals surface area contributed by atoms with Crippen molar-refractivity contribution >= 4 is 11.9 Å². The van der Waals surface area contributed by atoms with Crippen LogP contribution < -0.4 is 10.6 Å². The summed E-state index contributed by atoms with van der Waals surface area (Å²) in [6.07, 6.45) is -8.66. The van der Waals surface area contributed by atoms with Gasteiger partial charge in [0, 0.05) is 12.6 Å². The number of esters is 1. The third-order valence-electron chi connectivity index (χ3n) is 7.18. The average Bonchev–Trinajstić information content (AvgIpc) is 3.30. The number of hydrogen-bond donors (Lipinski definition) is 2. The number of rotatable bonds is 8. The van der Waals surface area contributed by atoms with Gasteiger partial charge in [-0.2, -0.15) is 26.3 Å². The standard InChI is InChI=1S/C27H30F6N2O3/c1-16(2)25(10-9-21(14-25)35-22(23(36)38-3)18-7-5-4-6-8-18)24(37)34-15-17-11-19(26(28,29)30)13-20(12-17)27(31,32)33/h4-8,11-13,16,21-22,35H,9-10,14-15H2,1-3H3,(H,34,37)/t21-,22-,25+/m1/s1. The Bertz CT molecular complexity index is 1100. The van der Waals surface area contributed by atoms with E-state index in [2.05, 4.69) is 10.6 Å². The maximum absolute atomic E-state index is 13.4. The topological polar surface area (TPSA) is 67.4 Å². The predicted octanol–water partition coefficient (Wildman–Crippen LogP) is 6.04. The highest BCUT2D eigenvalue weighted by Gasteiger charge is 2.48. The highest BCUT2D eigenvalue weighted by Crippen LogP contribution is 2.45. The van der Waals surface area contributed by atoms with Gasteiger partial charge in [-0.05, 0) is 54.5 Å². The molecule has 0 heterocycles. The second-order valence-corrected chi connectivity index (χ2v) is 9.88. The largest absolute Gasteiger partial charge is 0.468 e. The van der Waals surface area contributed by atoms with Crippen LogP contribution in [-0.2, 0) is 33.2 Å². The molecule has 5 nitrogen and oxygen atoms in total. The van der Waals surface area contributed by atoms with E-state index in [0.29, 0.717) is 37.0 Å². The molecule has 0 spiro atoms. The van der Waals surface area contributed by atoms with E-state index in [1.54, 1.807) is 24.3 Å². The Morgan fingerprint density at radius 3 is 2.08 bits per heavy atom. The monoisotopic (exact) mass is 544 g/mol. The van der Waals surface area contributed by atoms with Crippen LogP contribution in [0.4, 0.5) is 26.3 Å². The van der Waals surface area contributed by atoms with Crippen LogP contribution in [-0.4, -0.2) is 25.0 Å². The molecule has 2 N–H and O–H groups in total. The molecule has 0 saturated heterocycles. The zero-order chi connectivity index (χ0) is 28.3. The fraction of sp³-hybridized carbons (Fsp3) is 0.481. The number of alkyl halides is 6. The summed E-state index contributed by atoms with van der Waals surface area (Å²) in [7, 11) is 1.28. The molecule has 1 amide bonds. The normalized spacial score (nSPS) is 20.8. The first-order valence-corrected chi connectivity index (χ1v) is 12.1. The van der Waals surface area contributed by atoms with E-state index < -0.39 is 53.4 Å². The number of nitrogens with one attached hydrogen (secondary N) is 2. The fourth-order valence-electron chi connectivity index (χ4n) is 4.99. The molecule has 11 heteroatoms. The molecule has 2 aromatic carbocycles. The first kappa shape index (κ1) is 29.5. The molecule has 1 fully saturated rings. The molecular formula is C27H30F6N2O3. The van der Waals surface area contributed by atoms with Crippen molar-refractivity contribution in [2.45, 2.75) is 64.1 Å². The lowest BCUT2D eigenvalue weighted by atomic mass is 9.74. The molecule has 0 unspecified atom stereocenters. The number of methoxy groups -OCH3 is 1. The molecule has 208 valence electrons. The SMILES string of the molecule is COC(=O)[C@H](N[C@@H]1CC[C@@](C(=O)NCc2cc(C(F)(F)F)cc(C(F)(F)F)c2)(C(C)C)C1)c1ccccc1. The number of carbonyl (C=O) groups is 2. The molecular weight excluding hydrogens is 514 g/mol. The smallest absolute Gasteiger partial charge is 0.416 e. The van der Waals surface area contributed by atoms with Crippen LogP contribution in [0.1, 0.15) is 61.4 Å². The summed E-state index contributed by atoms with van der Waals surface area (Å²) in [5.74, 6) is -1.14. The fourth-order valence-corrected chi connectivity index (χ4v) is 4.99. The molecule has 2 aromatic rings. The molecule has 0 radical (unpaired) electrons. The van der Waals surface area contributed by atoms with Crippen LogP contribution >= 0.6 is 0 Å². The highest BCUT2D eigenvalue weighted by molar-refractivity contribution is 5.83. The van der Waals surface area contributed by atoms with Crippen molar-refractivity contribution < 1.29 is 40.7 Å². The molecule has 3 atom stereocenters. The second-order valence-electron chi connectivity index (χ2n) is 9.88. The van der Waals surface area contributed by atoms with E-state index in [-0.39, 0.29) is 23.6 Å². The number of halogens is 6. The Morgan fingerprint density at radius 1 is 1.00 bits per heavy atom. The van der Waals surface area contributed by atoms with Gasteiger partial charge in [0.25, 0.3) is 0 Å². The van der Waals surface area contributed by atoms with Gasteiger partial charge in [0.15, 0.2) is 0 Å². The van der Waals surface area contributed by atoms with Crippen molar-refractivity contribution in [1.82, 2.24) is 10.6 Å². The minimum absolute atomic E-state index is 0.0542. The van der Waals surface area contributed by atoms with E-state index in [0.717, 1.165) is 0 Å². The van der Waals surface area contributed by atoms with Crippen LogP contribution in [0, 0.1) is 11.3 Å². The highest BCUT2D eigenvalue weighted by atomic mass is 19.4. The second kappa shape index (κ2) is 11.3. The van der Waals surface area contributed by atoms with Crippen molar-refractivity contribution in [3.63, 3.8) is 0 Å². The summed E-state index contributed by atoms with van der Waals surface area (Å²) in [5, 5.41) is 5.83. The van der Waals surface area contributed by atoms with Crippen molar-refractivity contribution in [3.05, 3.63) is 70.8 Å². The lowest BCUT2D eigenvalue weighted by molar-refractivity contribution is -0.144. The zero-order valence-corrected chi connectivity index (χ0v) is 21.2. The van der Waals surface area contributed by atoms with Crippen LogP contribution in [0.25, 0.3) is 0 Å². The minimum Gasteiger partial charge on any atom is -0.468 e. The number of carbonyl (C=O) groups excluding carboxylic acids is 2. The van der Waals surface area contributed by atoms with Crippen molar-refractivity contribution in [1.29, 1.82) is 0 Å². The molecule has 0 aromatic heterocycles. The summed E-state index contributed by atoms with van der Waals surface area (Å²) in [6.45, 7) is 3.18. The third kappa shape index (κ3) is 6.67. The minimum atomic E-state index is -4.97. The summed E-state index contributed by atoms with van der Waals surface area (Å²) < 4.78 is 84.2. The molecule has 1 saturated carbocycles. The number of hydrogen-bond acceptors (Lipinski definition) is 4. The average molecular weight is 545 g/mol. The zero-order valence-electron chi connectivity index (χ0n) is 21.2. The van der Waals surface area contributed by atoms with E-state index >= 15 is 0 Å². The van der Waals surface area contributed by atoms with Gasteiger partial charge < -0.3 is 10.1 Å². The Kier molecular flexibility index (Phi) is 8.80. The maximum atomic E-state index is 13.4. The predicted molar refractivity (Wildman–Crippen MR) is 128 cm³/mol. The van der Waals surface area contributed by atoms with Gasteiger partial charge in [-0.15, -0.1) is 0 Å². The van der Waals surface area contributed by atoms with E-state index in [1.165, 1.54) is 7.11 Å². The van der Waals surface area contributed by atoms with Gasteiger partial charge in [-0.1, -0.05) is 44.2 Å². The van der Waals surface area contributed by atoms with Crippen LogP contribution in [0.3, 0.4) is 0 Å².